The molecule has 0 saturated carbocycles. The van der Waals surface area contributed by atoms with Crippen LogP contribution in [0, 0.1) is 10.1 Å². The molecular formula is C8H8F2N2O4. The van der Waals surface area contributed by atoms with Gasteiger partial charge in [-0.2, -0.15) is 0 Å². The smallest absolute Gasteiger partial charge is 0.305 e. The summed E-state index contributed by atoms with van der Waals surface area (Å²) in [7, 11) is 1.10. The molecule has 6 nitrogen and oxygen atoms in total. The molecule has 0 unspecified atom stereocenters. The number of rotatable bonds is 4. The molecule has 0 saturated heterocycles. The summed E-state index contributed by atoms with van der Waals surface area (Å²) in [6.45, 7) is -0.792. The maximum Gasteiger partial charge on any atom is 0.305 e. The van der Waals surface area contributed by atoms with Crippen molar-refractivity contribution < 1.29 is 23.5 Å². The number of aromatic nitrogens is 1. The molecule has 88 valence electrons. The zero-order valence-electron chi connectivity index (χ0n) is 8.18. The molecule has 0 radical (unpaired) electrons. The predicted molar refractivity (Wildman–Crippen MR) is 48.3 cm³/mol. The van der Waals surface area contributed by atoms with Gasteiger partial charge in [-0.05, 0) is 0 Å². The second kappa shape index (κ2) is 4.79. The first-order valence-electron chi connectivity index (χ1n) is 4.12. The number of pyridine rings is 1. The van der Waals surface area contributed by atoms with Crippen molar-refractivity contribution in [2.75, 3.05) is 7.11 Å². The highest BCUT2D eigenvalue weighted by Crippen LogP contribution is 2.37. The number of alkyl halides is 2. The number of nitrogens with zero attached hydrogens (tertiary/aromatic N) is 2. The van der Waals surface area contributed by atoms with Gasteiger partial charge in [0, 0.05) is 0 Å². The number of halogens is 2. The topological polar surface area (TPSA) is 85.5 Å². The SMILES string of the molecule is COc1cnc(CO)c([N+](=O)[O-])c1C(F)F. The largest absolute Gasteiger partial charge is 0.494 e. The van der Waals surface area contributed by atoms with Crippen molar-refractivity contribution in [3.8, 4) is 5.75 Å². The standard InChI is InChI=1S/C8H8F2N2O4/c1-16-5-2-11-4(3-13)7(12(14)15)6(5)8(9)10/h2,8,13H,3H2,1H3. The van der Waals surface area contributed by atoms with E-state index in [1.807, 2.05) is 0 Å². The second-order valence-corrected chi connectivity index (χ2v) is 2.75. The predicted octanol–water partition coefficient (Wildman–Crippen LogP) is 1.43. The van der Waals surface area contributed by atoms with Gasteiger partial charge in [0.2, 0.25) is 0 Å². The molecule has 0 aliphatic carbocycles. The Morgan fingerprint density at radius 3 is 2.69 bits per heavy atom. The van der Waals surface area contributed by atoms with Crippen LogP contribution in [0.4, 0.5) is 14.5 Å². The average Bonchev–Trinajstić information content (AvgIpc) is 2.26. The van der Waals surface area contributed by atoms with Crippen molar-refractivity contribution in [3.63, 3.8) is 0 Å². The van der Waals surface area contributed by atoms with E-state index in [4.69, 9.17) is 5.11 Å². The zero-order valence-corrected chi connectivity index (χ0v) is 8.18. The lowest BCUT2D eigenvalue weighted by molar-refractivity contribution is -0.387. The van der Waals surface area contributed by atoms with Crippen molar-refractivity contribution in [2.45, 2.75) is 13.0 Å². The van der Waals surface area contributed by atoms with Gasteiger partial charge >= 0.3 is 5.69 Å². The molecule has 8 heteroatoms. The van der Waals surface area contributed by atoms with E-state index < -0.39 is 34.9 Å². The molecule has 0 aromatic carbocycles. The van der Waals surface area contributed by atoms with Crippen LogP contribution in [-0.2, 0) is 6.61 Å². The normalized spacial score (nSPS) is 10.6. The van der Waals surface area contributed by atoms with Crippen LogP contribution in [0.5, 0.6) is 5.75 Å². The molecule has 16 heavy (non-hydrogen) atoms. The molecule has 1 N–H and O–H groups in total. The van der Waals surface area contributed by atoms with E-state index in [2.05, 4.69) is 9.72 Å². The summed E-state index contributed by atoms with van der Waals surface area (Å²) in [4.78, 5) is 13.1. The van der Waals surface area contributed by atoms with Crippen LogP contribution in [0.1, 0.15) is 17.7 Å². The Balaban J connectivity index is 3.53. The molecule has 0 aliphatic heterocycles. The first-order chi connectivity index (χ1) is 7.52. The number of aliphatic hydroxyl groups excluding tert-OH is 1. The Kier molecular flexibility index (Phi) is 3.67. The van der Waals surface area contributed by atoms with Crippen molar-refractivity contribution in [2.24, 2.45) is 0 Å². The van der Waals surface area contributed by atoms with Gasteiger partial charge in [0.05, 0.1) is 24.8 Å². The lowest BCUT2D eigenvalue weighted by Gasteiger charge is -2.09. The van der Waals surface area contributed by atoms with Crippen LogP contribution in [0.25, 0.3) is 0 Å². The van der Waals surface area contributed by atoms with Gasteiger partial charge in [-0.15, -0.1) is 0 Å². The average molecular weight is 234 g/mol. The number of ether oxygens (including phenoxy) is 1. The molecule has 0 aliphatic rings. The van der Waals surface area contributed by atoms with Gasteiger partial charge in [0.15, 0.2) is 5.75 Å². The summed E-state index contributed by atoms with van der Waals surface area (Å²) in [6, 6.07) is 0. The van der Waals surface area contributed by atoms with Crippen LogP contribution in [0.15, 0.2) is 6.20 Å². The number of methoxy groups -OCH3 is 1. The summed E-state index contributed by atoms with van der Waals surface area (Å²) >= 11 is 0. The number of hydrogen-bond acceptors (Lipinski definition) is 5. The number of nitro groups is 1. The monoisotopic (exact) mass is 234 g/mol. The van der Waals surface area contributed by atoms with Crippen LogP contribution < -0.4 is 4.74 Å². The molecule has 1 heterocycles. The fourth-order valence-electron chi connectivity index (χ4n) is 1.23. The number of aliphatic hydroxyl groups is 1. The fourth-order valence-corrected chi connectivity index (χ4v) is 1.23. The van der Waals surface area contributed by atoms with E-state index in [0.717, 1.165) is 13.3 Å². The quantitative estimate of drug-likeness (QED) is 0.629. The summed E-state index contributed by atoms with van der Waals surface area (Å²) in [6.07, 6.45) is -2.16. The summed E-state index contributed by atoms with van der Waals surface area (Å²) in [5, 5.41) is 19.4. The third-order valence-electron chi connectivity index (χ3n) is 1.90. The van der Waals surface area contributed by atoms with Crippen molar-refractivity contribution in [1.29, 1.82) is 0 Å². The second-order valence-electron chi connectivity index (χ2n) is 2.75. The third kappa shape index (κ3) is 2.06. The highest BCUT2D eigenvalue weighted by molar-refractivity contribution is 5.52. The highest BCUT2D eigenvalue weighted by atomic mass is 19.3. The van der Waals surface area contributed by atoms with Gasteiger partial charge in [0.25, 0.3) is 6.43 Å². The van der Waals surface area contributed by atoms with Crippen LogP contribution in [0.2, 0.25) is 0 Å². The van der Waals surface area contributed by atoms with Crippen molar-refractivity contribution >= 4 is 5.69 Å². The number of hydrogen-bond donors (Lipinski definition) is 1. The minimum atomic E-state index is -3.08. The van der Waals surface area contributed by atoms with Crippen molar-refractivity contribution in [1.82, 2.24) is 4.98 Å². The summed E-state index contributed by atoms with van der Waals surface area (Å²) in [5.41, 5.74) is -2.19. The van der Waals surface area contributed by atoms with Crippen LogP contribution >= 0.6 is 0 Å². The van der Waals surface area contributed by atoms with E-state index in [0.29, 0.717) is 0 Å². The van der Waals surface area contributed by atoms with E-state index in [1.165, 1.54) is 0 Å². The molecule has 0 amide bonds. The molecule has 1 rings (SSSR count). The van der Waals surface area contributed by atoms with E-state index in [1.54, 1.807) is 0 Å². The first-order valence-corrected chi connectivity index (χ1v) is 4.12. The van der Waals surface area contributed by atoms with Gasteiger partial charge in [-0.1, -0.05) is 0 Å². The molecule has 0 atom stereocenters. The van der Waals surface area contributed by atoms with Gasteiger partial charge < -0.3 is 9.84 Å². The third-order valence-corrected chi connectivity index (χ3v) is 1.90. The Morgan fingerprint density at radius 2 is 2.31 bits per heavy atom. The Bertz CT molecular complexity index is 411. The minimum absolute atomic E-state index is 0.376. The molecule has 1 aromatic heterocycles. The van der Waals surface area contributed by atoms with E-state index in [9.17, 15) is 18.9 Å². The van der Waals surface area contributed by atoms with E-state index >= 15 is 0 Å². The highest BCUT2D eigenvalue weighted by Gasteiger charge is 2.30. The minimum Gasteiger partial charge on any atom is -0.494 e. The molecule has 0 spiro atoms. The maximum absolute atomic E-state index is 12.7. The van der Waals surface area contributed by atoms with Gasteiger partial charge in [0.1, 0.15) is 11.3 Å². The first kappa shape index (κ1) is 12.2. The summed E-state index contributed by atoms with van der Waals surface area (Å²) in [5.74, 6) is -0.376. The molecular weight excluding hydrogens is 226 g/mol. The molecule has 0 bridgehead atoms. The van der Waals surface area contributed by atoms with Crippen LogP contribution in [-0.4, -0.2) is 22.1 Å². The zero-order chi connectivity index (χ0) is 12.3. The van der Waals surface area contributed by atoms with Crippen LogP contribution in [0.3, 0.4) is 0 Å². The van der Waals surface area contributed by atoms with Crippen molar-refractivity contribution in [3.05, 3.63) is 27.6 Å². The van der Waals surface area contributed by atoms with Gasteiger partial charge in [-0.3, -0.25) is 10.1 Å². The van der Waals surface area contributed by atoms with Gasteiger partial charge in [-0.25, -0.2) is 13.8 Å². The molecule has 1 aromatic rings. The maximum atomic E-state index is 12.7. The Morgan fingerprint density at radius 1 is 1.69 bits per heavy atom. The molecule has 0 fully saturated rings. The fraction of sp³-hybridized carbons (Fsp3) is 0.375. The summed E-state index contributed by atoms with van der Waals surface area (Å²) < 4.78 is 29.9. The lowest BCUT2D eigenvalue weighted by Crippen LogP contribution is -2.06. The lowest BCUT2D eigenvalue weighted by atomic mass is 10.1. The Hall–Kier alpha value is -1.83. The Labute approximate surface area is 88.6 Å². The van der Waals surface area contributed by atoms with E-state index in [-0.39, 0.29) is 5.75 Å².